The number of benzene rings is 1. The maximum Gasteiger partial charge on any atom is 0.161 e. The molecule has 3 heterocycles. The summed E-state index contributed by atoms with van der Waals surface area (Å²) in [5.74, 6) is 1.26. The van der Waals surface area contributed by atoms with Gasteiger partial charge in [0.05, 0.1) is 23.4 Å². The van der Waals surface area contributed by atoms with Gasteiger partial charge in [-0.25, -0.2) is 24.7 Å². The molecule has 29 heavy (non-hydrogen) atoms. The minimum Gasteiger partial charge on any atom is -0.593 e. The van der Waals surface area contributed by atoms with Crippen LogP contribution in [-0.2, 0) is 11.4 Å². The van der Waals surface area contributed by atoms with Crippen molar-refractivity contribution in [3.05, 3.63) is 54.7 Å². The van der Waals surface area contributed by atoms with E-state index in [1.807, 2.05) is 44.2 Å². The van der Waals surface area contributed by atoms with Gasteiger partial charge in [-0.1, -0.05) is 13.0 Å². The van der Waals surface area contributed by atoms with Crippen molar-refractivity contribution >= 4 is 39.7 Å². The summed E-state index contributed by atoms with van der Waals surface area (Å²) in [5.41, 5.74) is 5.58. The SMILES string of the molecule is CCC[S+]([O-])Nc1ccc(C)c(Nc2ncccc2-c2ncnc3[nH]cnc23)c1. The second kappa shape index (κ2) is 8.46. The first-order chi connectivity index (χ1) is 14.2. The van der Waals surface area contributed by atoms with E-state index in [-0.39, 0.29) is 0 Å². The number of hydrogen-bond donors (Lipinski definition) is 3. The molecule has 8 nitrogen and oxygen atoms in total. The normalized spacial score (nSPS) is 12.1. The van der Waals surface area contributed by atoms with Crippen LogP contribution >= 0.6 is 0 Å². The molecular formula is C20H21N7OS. The molecule has 1 unspecified atom stereocenters. The molecule has 0 aliphatic rings. The molecule has 0 bridgehead atoms. The van der Waals surface area contributed by atoms with Crippen LogP contribution in [0.4, 0.5) is 17.2 Å². The average Bonchev–Trinajstić information content (AvgIpc) is 3.20. The van der Waals surface area contributed by atoms with Crippen molar-refractivity contribution in [2.45, 2.75) is 20.3 Å². The maximum atomic E-state index is 12.0. The Bertz CT molecular complexity index is 1130. The second-order valence-corrected chi connectivity index (χ2v) is 7.83. The van der Waals surface area contributed by atoms with Crippen LogP contribution in [0.15, 0.2) is 49.2 Å². The number of H-pyrrole nitrogens is 1. The molecule has 0 amide bonds. The van der Waals surface area contributed by atoms with Crippen molar-refractivity contribution in [3.63, 3.8) is 0 Å². The molecule has 148 valence electrons. The minimum atomic E-state index is -1.10. The van der Waals surface area contributed by atoms with E-state index in [4.69, 9.17) is 0 Å². The maximum absolute atomic E-state index is 12.0. The van der Waals surface area contributed by atoms with Gasteiger partial charge in [0.2, 0.25) is 0 Å². The van der Waals surface area contributed by atoms with Gasteiger partial charge in [-0.2, -0.15) is 0 Å². The third-order valence-electron chi connectivity index (χ3n) is 4.39. The lowest BCUT2D eigenvalue weighted by atomic mass is 10.1. The van der Waals surface area contributed by atoms with Crippen molar-refractivity contribution in [1.82, 2.24) is 24.9 Å². The molecule has 9 heteroatoms. The predicted octanol–water partition coefficient (Wildman–Crippen LogP) is 3.95. The molecule has 0 radical (unpaired) electrons. The summed E-state index contributed by atoms with van der Waals surface area (Å²) in [5, 5.41) is 3.39. The minimum absolute atomic E-state index is 0.606. The van der Waals surface area contributed by atoms with Crippen LogP contribution in [0.25, 0.3) is 22.4 Å². The standard InChI is InChI=1S/C20H21N7OS/c1-3-9-29(28)27-14-7-6-13(2)16(10-14)26-19-15(5-4-8-21-19)17-18-20(24-11-22-17)25-12-23-18/h4-8,10-12,27H,3,9H2,1-2H3,(H,21,26)(H,22,23,24,25). The van der Waals surface area contributed by atoms with E-state index in [0.29, 0.717) is 28.4 Å². The van der Waals surface area contributed by atoms with E-state index in [9.17, 15) is 4.55 Å². The van der Waals surface area contributed by atoms with E-state index in [1.165, 1.54) is 6.33 Å². The zero-order valence-corrected chi connectivity index (χ0v) is 17.0. The molecule has 0 saturated heterocycles. The van der Waals surface area contributed by atoms with Gasteiger partial charge < -0.3 is 14.9 Å². The first-order valence-electron chi connectivity index (χ1n) is 9.28. The molecule has 4 aromatic rings. The number of rotatable bonds is 7. The highest BCUT2D eigenvalue weighted by molar-refractivity contribution is 7.92. The summed E-state index contributed by atoms with van der Waals surface area (Å²) in [6.07, 6.45) is 5.68. The summed E-state index contributed by atoms with van der Waals surface area (Å²) >= 11 is -1.10. The Balaban J connectivity index is 1.68. The van der Waals surface area contributed by atoms with E-state index in [1.54, 1.807) is 12.5 Å². The van der Waals surface area contributed by atoms with Gasteiger partial charge >= 0.3 is 0 Å². The van der Waals surface area contributed by atoms with Crippen LogP contribution in [0, 0.1) is 6.92 Å². The van der Waals surface area contributed by atoms with Crippen molar-refractivity contribution in [2.24, 2.45) is 0 Å². The first-order valence-corrected chi connectivity index (χ1v) is 10.6. The van der Waals surface area contributed by atoms with Gasteiger partial charge in [-0.15, -0.1) is 0 Å². The van der Waals surface area contributed by atoms with Gasteiger partial charge in [0.1, 0.15) is 29.1 Å². The number of aromatic amines is 1. The van der Waals surface area contributed by atoms with Crippen molar-refractivity contribution in [2.75, 3.05) is 15.8 Å². The molecule has 0 aliphatic carbocycles. The molecule has 1 atom stereocenters. The largest absolute Gasteiger partial charge is 0.593 e. The zero-order chi connectivity index (χ0) is 20.2. The number of aryl methyl sites for hydroxylation is 1. The Hall–Kier alpha value is -3.17. The first kappa shape index (κ1) is 19.2. The quantitative estimate of drug-likeness (QED) is 0.397. The Labute approximate surface area is 171 Å². The smallest absolute Gasteiger partial charge is 0.161 e. The van der Waals surface area contributed by atoms with Crippen molar-refractivity contribution in [3.8, 4) is 11.3 Å². The van der Waals surface area contributed by atoms with Gasteiger partial charge in [0.25, 0.3) is 0 Å². The lowest BCUT2D eigenvalue weighted by molar-refractivity contribution is 0.599. The number of aromatic nitrogens is 5. The Morgan fingerprint density at radius 2 is 2.03 bits per heavy atom. The van der Waals surface area contributed by atoms with Crippen molar-refractivity contribution in [1.29, 1.82) is 0 Å². The van der Waals surface area contributed by atoms with Gasteiger partial charge in [0.15, 0.2) is 5.65 Å². The molecule has 0 saturated carbocycles. The second-order valence-electron chi connectivity index (χ2n) is 6.53. The van der Waals surface area contributed by atoms with E-state index >= 15 is 0 Å². The fourth-order valence-electron chi connectivity index (χ4n) is 2.97. The van der Waals surface area contributed by atoms with Crippen LogP contribution in [0.3, 0.4) is 0 Å². The van der Waals surface area contributed by atoms with Gasteiger partial charge in [0, 0.05) is 17.4 Å². The van der Waals surface area contributed by atoms with Crippen LogP contribution in [0.1, 0.15) is 18.9 Å². The molecule has 4 rings (SSSR count). The van der Waals surface area contributed by atoms with Crippen LogP contribution in [0.5, 0.6) is 0 Å². The lowest BCUT2D eigenvalue weighted by Crippen LogP contribution is -2.16. The van der Waals surface area contributed by atoms with Gasteiger partial charge in [-0.3, -0.25) is 0 Å². The third-order valence-corrected chi connectivity index (χ3v) is 5.63. The fraction of sp³-hybridized carbons (Fsp3) is 0.200. The monoisotopic (exact) mass is 407 g/mol. The van der Waals surface area contributed by atoms with E-state index in [2.05, 4.69) is 35.0 Å². The fourth-order valence-corrected chi connectivity index (χ4v) is 3.84. The van der Waals surface area contributed by atoms with Crippen molar-refractivity contribution < 1.29 is 4.55 Å². The molecule has 1 aromatic carbocycles. The number of pyridine rings is 1. The summed E-state index contributed by atoms with van der Waals surface area (Å²) in [7, 11) is 0. The molecular weight excluding hydrogens is 386 g/mol. The van der Waals surface area contributed by atoms with Gasteiger partial charge in [-0.05, 0) is 43.2 Å². The molecule has 3 aromatic heterocycles. The number of hydrogen-bond acceptors (Lipinski definition) is 7. The number of nitrogens with one attached hydrogen (secondary N) is 3. The number of anilines is 3. The highest BCUT2D eigenvalue weighted by Gasteiger charge is 2.15. The molecule has 3 N–H and O–H groups in total. The highest BCUT2D eigenvalue weighted by Crippen LogP contribution is 2.32. The third kappa shape index (κ3) is 4.15. The molecule has 0 spiro atoms. The summed E-state index contributed by atoms with van der Waals surface area (Å²) in [4.78, 5) is 20.5. The highest BCUT2D eigenvalue weighted by atomic mass is 32.2. The summed E-state index contributed by atoms with van der Waals surface area (Å²) in [6, 6.07) is 9.64. The van der Waals surface area contributed by atoms with E-state index in [0.717, 1.165) is 28.9 Å². The topological polar surface area (TPSA) is 114 Å². The molecule has 0 aliphatic heterocycles. The number of nitrogens with zero attached hydrogens (tertiary/aromatic N) is 4. The number of fused-ring (bicyclic) bond motifs is 1. The lowest BCUT2D eigenvalue weighted by Gasteiger charge is -2.15. The summed E-state index contributed by atoms with van der Waals surface area (Å²) < 4.78 is 15.1. The zero-order valence-electron chi connectivity index (χ0n) is 16.1. The Morgan fingerprint density at radius 1 is 1.14 bits per heavy atom. The van der Waals surface area contributed by atoms with Crippen LogP contribution in [0.2, 0.25) is 0 Å². The van der Waals surface area contributed by atoms with Crippen LogP contribution in [-0.4, -0.2) is 35.2 Å². The van der Waals surface area contributed by atoms with Crippen LogP contribution < -0.4 is 10.0 Å². The number of imidazole rings is 1. The average molecular weight is 408 g/mol. The molecule has 0 fully saturated rings. The predicted molar refractivity (Wildman–Crippen MR) is 116 cm³/mol. The Kier molecular flexibility index (Phi) is 5.59. The Morgan fingerprint density at radius 3 is 2.90 bits per heavy atom. The van der Waals surface area contributed by atoms with E-state index < -0.39 is 11.4 Å². The summed E-state index contributed by atoms with van der Waals surface area (Å²) in [6.45, 7) is 4.02.